The molecule has 0 N–H and O–H groups in total. The monoisotopic (exact) mass is 310 g/mol. The van der Waals surface area contributed by atoms with Gasteiger partial charge in [0.25, 0.3) is 0 Å². The van der Waals surface area contributed by atoms with Crippen molar-refractivity contribution < 1.29 is 4.79 Å². The standard InChI is InChI=1S/C22H30O/c1-17(20-9-5-8-19(11-12-20)14-16-23)10-13-21-18(2)7-6-15-22(21,3)4/h10-14,16H,5-9,15H2,1-4H3/b13-10+,19-14+,20-17-. The van der Waals surface area contributed by atoms with Crippen molar-refractivity contribution in [3.05, 3.63) is 58.2 Å². The van der Waals surface area contributed by atoms with E-state index in [1.165, 1.54) is 36.0 Å². The first kappa shape index (κ1) is 17.7. The molecule has 0 atom stereocenters. The average Bonchev–Trinajstić information content (AvgIpc) is 2.72. The van der Waals surface area contributed by atoms with Gasteiger partial charge in [-0.15, -0.1) is 0 Å². The maximum Gasteiger partial charge on any atom is 0.143 e. The normalized spacial score (nSPS) is 25.8. The quantitative estimate of drug-likeness (QED) is 0.444. The largest absolute Gasteiger partial charge is 0.299 e. The summed E-state index contributed by atoms with van der Waals surface area (Å²) < 4.78 is 0. The van der Waals surface area contributed by atoms with Gasteiger partial charge >= 0.3 is 0 Å². The minimum atomic E-state index is 0.295. The van der Waals surface area contributed by atoms with Crippen molar-refractivity contribution in [2.75, 3.05) is 0 Å². The molecular weight excluding hydrogens is 280 g/mol. The van der Waals surface area contributed by atoms with Gasteiger partial charge < -0.3 is 0 Å². The second kappa shape index (κ2) is 7.77. The van der Waals surface area contributed by atoms with Crippen LogP contribution in [-0.4, -0.2) is 6.29 Å². The topological polar surface area (TPSA) is 17.1 Å². The van der Waals surface area contributed by atoms with Crippen molar-refractivity contribution in [1.29, 1.82) is 0 Å². The summed E-state index contributed by atoms with van der Waals surface area (Å²) in [7, 11) is 0. The van der Waals surface area contributed by atoms with E-state index in [1.54, 1.807) is 11.6 Å². The van der Waals surface area contributed by atoms with Gasteiger partial charge in [0.15, 0.2) is 0 Å². The third kappa shape index (κ3) is 4.67. The van der Waals surface area contributed by atoms with Gasteiger partial charge in [-0.05, 0) is 86.2 Å². The number of rotatable bonds is 3. The van der Waals surface area contributed by atoms with Crippen LogP contribution in [0.25, 0.3) is 0 Å². The maximum atomic E-state index is 10.6. The summed E-state index contributed by atoms with van der Waals surface area (Å²) in [6.45, 7) is 9.21. The summed E-state index contributed by atoms with van der Waals surface area (Å²) in [6, 6.07) is 0. The Labute approximate surface area is 141 Å². The maximum absolute atomic E-state index is 10.6. The fraction of sp³-hybridized carbons (Fsp3) is 0.500. The molecule has 0 spiro atoms. The van der Waals surface area contributed by atoms with E-state index < -0.39 is 0 Å². The summed E-state index contributed by atoms with van der Waals surface area (Å²) in [5, 5.41) is 0. The van der Waals surface area contributed by atoms with Crippen molar-refractivity contribution in [3.63, 3.8) is 0 Å². The molecule has 2 rings (SSSR count). The molecule has 0 fully saturated rings. The summed E-state index contributed by atoms with van der Waals surface area (Å²) in [6.07, 6.45) is 18.5. The van der Waals surface area contributed by atoms with Crippen molar-refractivity contribution in [2.45, 2.75) is 66.2 Å². The molecule has 0 saturated heterocycles. The Bertz CT molecular complexity index is 606. The van der Waals surface area contributed by atoms with Gasteiger partial charge in [0.2, 0.25) is 0 Å². The molecule has 0 aliphatic heterocycles. The second-order valence-electron chi connectivity index (χ2n) is 7.54. The number of hydrogen-bond acceptors (Lipinski definition) is 1. The van der Waals surface area contributed by atoms with E-state index in [9.17, 15) is 4.79 Å². The summed E-state index contributed by atoms with van der Waals surface area (Å²) in [4.78, 5) is 10.6. The molecule has 0 aromatic heterocycles. The van der Waals surface area contributed by atoms with Crippen LogP contribution in [0.15, 0.2) is 58.2 Å². The molecule has 0 bridgehead atoms. The zero-order valence-electron chi connectivity index (χ0n) is 15.1. The SMILES string of the molecule is CC1=C(/C=C/C(C)=C2C=C/C(=C/C=O)CCC\2)C(C)(C)CCC1. The predicted octanol–water partition coefficient (Wildman–Crippen LogP) is 6.25. The minimum Gasteiger partial charge on any atom is -0.299 e. The Kier molecular flexibility index (Phi) is 5.98. The van der Waals surface area contributed by atoms with Crippen LogP contribution in [0.1, 0.15) is 66.2 Å². The molecule has 2 aliphatic rings. The van der Waals surface area contributed by atoms with Gasteiger partial charge in [-0.1, -0.05) is 43.7 Å². The molecule has 1 nitrogen and oxygen atoms in total. The van der Waals surface area contributed by atoms with E-state index in [-0.39, 0.29) is 0 Å². The highest BCUT2D eigenvalue weighted by Gasteiger charge is 2.26. The highest BCUT2D eigenvalue weighted by molar-refractivity contribution is 5.67. The number of allylic oxidation sites excluding steroid dienone is 10. The van der Waals surface area contributed by atoms with Crippen LogP contribution < -0.4 is 0 Å². The van der Waals surface area contributed by atoms with E-state index in [0.29, 0.717) is 5.41 Å². The van der Waals surface area contributed by atoms with Gasteiger partial charge in [-0.3, -0.25) is 4.79 Å². The van der Waals surface area contributed by atoms with E-state index in [4.69, 9.17) is 0 Å². The minimum absolute atomic E-state index is 0.295. The lowest BCUT2D eigenvalue weighted by molar-refractivity contribution is -0.104. The van der Waals surface area contributed by atoms with Gasteiger partial charge in [-0.25, -0.2) is 0 Å². The fourth-order valence-electron chi connectivity index (χ4n) is 3.74. The fourth-order valence-corrected chi connectivity index (χ4v) is 3.74. The second-order valence-corrected chi connectivity index (χ2v) is 7.54. The van der Waals surface area contributed by atoms with Crippen LogP contribution in [0.3, 0.4) is 0 Å². The van der Waals surface area contributed by atoms with Crippen molar-refractivity contribution in [1.82, 2.24) is 0 Å². The molecule has 1 heteroatoms. The van der Waals surface area contributed by atoms with Crippen LogP contribution in [0, 0.1) is 5.41 Å². The zero-order valence-corrected chi connectivity index (χ0v) is 15.1. The van der Waals surface area contributed by atoms with Crippen LogP contribution in [-0.2, 0) is 4.79 Å². The van der Waals surface area contributed by atoms with Crippen LogP contribution in [0.2, 0.25) is 0 Å². The van der Waals surface area contributed by atoms with Crippen molar-refractivity contribution in [3.8, 4) is 0 Å². The third-order valence-corrected chi connectivity index (χ3v) is 5.24. The molecule has 124 valence electrons. The molecule has 0 unspecified atom stereocenters. The van der Waals surface area contributed by atoms with Gasteiger partial charge in [0, 0.05) is 0 Å². The molecule has 0 aromatic carbocycles. The number of carbonyl (C=O) groups is 1. The van der Waals surface area contributed by atoms with Crippen LogP contribution in [0.5, 0.6) is 0 Å². The van der Waals surface area contributed by atoms with Gasteiger partial charge in [-0.2, -0.15) is 0 Å². The molecule has 0 heterocycles. The Morgan fingerprint density at radius 3 is 2.61 bits per heavy atom. The number of aldehydes is 1. The van der Waals surface area contributed by atoms with Gasteiger partial charge in [0.05, 0.1) is 0 Å². The summed E-state index contributed by atoms with van der Waals surface area (Å²) >= 11 is 0. The lowest BCUT2D eigenvalue weighted by Crippen LogP contribution is -2.19. The molecular formula is C22H30O. The Balaban J connectivity index is 2.23. The molecule has 2 aliphatic carbocycles. The first-order chi connectivity index (χ1) is 10.9. The Hall–Kier alpha value is -1.63. The molecule has 0 saturated carbocycles. The smallest absolute Gasteiger partial charge is 0.143 e. The highest BCUT2D eigenvalue weighted by atomic mass is 16.1. The third-order valence-electron chi connectivity index (χ3n) is 5.24. The van der Waals surface area contributed by atoms with E-state index in [1.807, 2.05) is 0 Å². The van der Waals surface area contributed by atoms with Crippen molar-refractivity contribution in [2.24, 2.45) is 5.41 Å². The predicted molar refractivity (Wildman–Crippen MR) is 99.3 cm³/mol. The molecule has 0 amide bonds. The first-order valence-corrected chi connectivity index (χ1v) is 8.84. The Morgan fingerprint density at radius 2 is 1.91 bits per heavy atom. The summed E-state index contributed by atoms with van der Waals surface area (Å²) in [5.74, 6) is 0. The van der Waals surface area contributed by atoms with Crippen LogP contribution >= 0.6 is 0 Å². The van der Waals surface area contributed by atoms with Crippen molar-refractivity contribution >= 4 is 6.29 Å². The van der Waals surface area contributed by atoms with E-state index in [0.717, 1.165) is 31.1 Å². The number of hydrogen-bond donors (Lipinski definition) is 0. The lowest BCUT2D eigenvalue weighted by atomic mass is 9.72. The van der Waals surface area contributed by atoms with E-state index in [2.05, 4.69) is 52.0 Å². The molecule has 0 radical (unpaired) electrons. The molecule has 0 aromatic rings. The molecule has 23 heavy (non-hydrogen) atoms. The van der Waals surface area contributed by atoms with E-state index >= 15 is 0 Å². The average molecular weight is 310 g/mol. The highest BCUT2D eigenvalue weighted by Crippen LogP contribution is 2.40. The first-order valence-electron chi connectivity index (χ1n) is 8.84. The van der Waals surface area contributed by atoms with Crippen LogP contribution in [0.4, 0.5) is 0 Å². The van der Waals surface area contributed by atoms with Gasteiger partial charge in [0.1, 0.15) is 6.29 Å². The zero-order chi connectivity index (χ0) is 16.9. The Morgan fingerprint density at radius 1 is 1.13 bits per heavy atom. The number of carbonyl (C=O) groups excluding carboxylic acids is 1. The lowest BCUT2D eigenvalue weighted by Gasteiger charge is -2.33. The summed E-state index contributed by atoms with van der Waals surface area (Å²) in [5.41, 5.74) is 7.23.